The molecule has 0 radical (unpaired) electrons. The number of aliphatic imine (C=N–C) groups is 1. The highest BCUT2D eigenvalue weighted by atomic mass is 19.1. The molecule has 1 atom stereocenters. The second kappa shape index (κ2) is 11.3. The van der Waals surface area contributed by atoms with Gasteiger partial charge in [0.05, 0.1) is 0 Å². The number of aromatic nitrogens is 1. The van der Waals surface area contributed by atoms with Gasteiger partial charge in [-0.1, -0.05) is 37.1 Å². The van der Waals surface area contributed by atoms with Crippen LogP contribution in [-0.2, 0) is 13.1 Å². The Kier molecular flexibility index (Phi) is 7.93. The van der Waals surface area contributed by atoms with Crippen LogP contribution in [0, 0.1) is 5.82 Å². The third-order valence-electron chi connectivity index (χ3n) is 6.38. The van der Waals surface area contributed by atoms with Crippen LogP contribution in [0.15, 0.2) is 47.6 Å². The van der Waals surface area contributed by atoms with Gasteiger partial charge in [-0.15, -0.1) is 0 Å². The molecule has 2 aliphatic rings. The van der Waals surface area contributed by atoms with Crippen LogP contribution in [0.4, 0.5) is 10.2 Å². The molecular formula is C25H35FN6. The van der Waals surface area contributed by atoms with E-state index in [2.05, 4.69) is 49.8 Å². The Balaban J connectivity index is 1.23. The lowest BCUT2D eigenvalue weighted by atomic mass is 10.1. The molecule has 1 aromatic heterocycles. The van der Waals surface area contributed by atoms with E-state index < -0.39 is 0 Å². The Labute approximate surface area is 190 Å². The van der Waals surface area contributed by atoms with E-state index in [1.165, 1.54) is 56.0 Å². The van der Waals surface area contributed by atoms with Crippen LogP contribution in [0.25, 0.3) is 0 Å². The van der Waals surface area contributed by atoms with E-state index in [4.69, 9.17) is 0 Å². The molecule has 2 saturated heterocycles. The molecule has 32 heavy (non-hydrogen) atoms. The SMILES string of the molecule is CN=C(NCc1ccc(CN2CCCCCC2)cc1)NC1CCN(c2ncccc2F)C1. The van der Waals surface area contributed by atoms with Gasteiger partial charge in [-0.05, 0) is 55.6 Å². The van der Waals surface area contributed by atoms with Gasteiger partial charge in [0.15, 0.2) is 17.6 Å². The minimum atomic E-state index is -0.269. The Hall–Kier alpha value is -2.67. The fraction of sp³-hybridized carbons (Fsp3) is 0.520. The highest BCUT2D eigenvalue weighted by molar-refractivity contribution is 5.80. The molecule has 2 aliphatic heterocycles. The van der Waals surface area contributed by atoms with Gasteiger partial charge in [0.1, 0.15) is 0 Å². The number of hydrogen-bond donors (Lipinski definition) is 2. The van der Waals surface area contributed by atoms with Crippen molar-refractivity contribution in [1.82, 2.24) is 20.5 Å². The van der Waals surface area contributed by atoms with Gasteiger partial charge in [0, 0.05) is 45.5 Å². The monoisotopic (exact) mass is 438 g/mol. The lowest BCUT2D eigenvalue weighted by molar-refractivity contribution is 0.277. The van der Waals surface area contributed by atoms with Crippen LogP contribution < -0.4 is 15.5 Å². The maximum Gasteiger partial charge on any atom is 0.191 e. The first kappa shape index (κ1) is 22.5. The number of nitrogens with zero attached hydrogens (tertiary/aromatic N) is 4. The average Bonchev–Trinajstić information content (AvgIpc) is 3.12. The fourth-order valence-corrected chi connectivity index (χ4v) is 4.57. The van der Waals surface area contributed by atoms with E-state index in [1.807, 2.05) is 4.90 Å². The number of nitrogens with one attached hydrogen (secondary N) is 2. The number of hydrogen-bond acceptors (Lipinski definition) is 4. The molecule has 0 spiro atoms. The fourth-order valence-electron chi connectivity index (χ4n) is 4.57. The average molecular weight is 439 g/mol. The molecule has 0 aliphatic carbocycles. The summed E-state index contributed by atoms with van der Waals surface area (Å²) in [5.41, 5.74) is 2.61. The molecule has 2 N–H and O–H groups in total. The Bertz CT molecular complexity index is 876. The third-order valence-corrected chi connectivity index (χ3v) is 6.38. The molecular weight excluding hydrogens is 403 g/mol. The lowest BCUT2D eigenvalue weighted by Crippen LogP contribution is -2.44. The summed E-state index contributed by atoms with van der Waals surface area (Å²) in [5, 5.41) is 6.87. The van der Waals surface area contributed by atoms with Gasteiger partial charge >= 0.3 is 0 Å². The first-order valence-corrected chi connectivity index (χ1v) is 11.8. The van der Waals surface area contributed by atoms with Gasteiger partial charge in [-0.2, -0.15) is 0 Å². The lowest BCUT2D eigenvalue weighted by Gasteiger charge is -2.20. The molecule has 0 amide bonds. The number of benzene rings is 1. The topological polar surface area (TPSA) is 55.8 Å². The van der Waals surface area contributed by atoms with Crippen LogP contribution in [0.3, 0.4) is 0 Å². The molecule has 7 heteroatoms. The van der Waals surface area contributed by atoms with E-state index in [9.17, 15) is 4.39 Å². The Morgan fingerprint density at radius 2 is 1.81 bits per heavy atom. The predicted molar refractivity (Wildman–Crippen MR) is 128 cm³/mol. The molecule has 1 unspecified atom stereocenters. The molecule has 1 aromatic carbocycles. The molecule has 0 saturated carbocycles. The zero-order valence-corrected chi connectivity index (χ0v) is 19.1. The molecule has 4 rings (SSSR count). The van der Waals surface area contributed by atoms with Crippen molar-refractivity contribution in [1.29, 1.82) is 0 Å². The van der Waals surface area contributed by atoms with E-state index in [0.717, 1.165) is 32.0 Å². The number of likely N-dealkylation sites (tertiary alicyclic amines) is 1. The minimum absolute atomic E-state index is 0.207. The summed E-state index contributed by atoms with van der Waals surface area (Å²) in [4.78, 5) is 13.1. The second-order valence-electron chi connectivity index (χ2n) is 8.82. The molecule has 2 aromatic rings. The second-order valence-corrected chi connectivity index (χ2v) is 8.82. The molecule has 6 nitrogen and oxygen atoms in total. The summed E-state index contributed by atoms with van der Waals surface area (Å²) in [7, 11) is 1.78. The number of guanidine groups is 1. The minimum Gasteiger partial charge on any atom is -0.352 e. The maximum absolute atomic E-state index is 14.0. The van der Waals surface area contributed by atoms with Gasteiger partial charge in [0.2, 0.25) is 0 Å². The van der Waals surface area contributed by atoms with E-state index in [-0.39, 0.29) is 11.9 Å². The van der Waals surface area contributed by atoms with Crippen molar-refractivity contribution in [3.63, 3.8) is 0 Å². The van der Waals surface area contributed by atoms with Crippen molar-refractivity contribution < 1.29 is 4.39 Å². The van der Waals surface area contributed by atoms with Crippen molar-refractivity contribution in [2.75, 3.05) is 38.1 Å². The van der Waals surface area contributed by atoms with Crippen molar-refractivity contribution in [2.24, 2.45) is 4.99 Å². The first-order valence-electron chi connectivity index (χ1n) is 11.8. The Morgan fingerprint density at radius 1 is 1.06 bits per heavy atom. The highest BCUT2D eigenvalue weighted by Crippen LogP contribution is 2.20. The van der Waals surface area contributed by atoms with Gasteiger partial charge < -0.3 is 15.5 Å². The largest absolute Gasteiger partial charge is 0.352 e. The first-order chi connectivity index (χ1) is 15.7. The van der Waals surface area contributed by atoms with Crippen molar-refractivity contribution in [3.8, 4) is 0 Å². The quantitative estimate of drug-likeness (QED) is 0.534. The number of halogens is 1. The van der Waals surface area contributed by atoms with E-state index in [0.29, 0.717) is 12.4 Å². The van der Waals surface area contributed by atoms with Crippen molar-refractivity contribution in [2.45, 2.75) is 51.2 Å². The van der Waals surface area contributed by atoms with Crippen molar-refractivity contribution >= 4 is 11.8 Å². The zero-order chi connectivity index (χ0) is 22.2. The standard InChI is InChI=1S/C25H35FN6/c1-27-25(30-22-12-16-32(19-22)24-23(26)7-6-13-28-24)29-17-20-8-10-21(11-9-20)18-31-14-4-2-3-5-15-31/h6-11,13,22H,2-5,12,14-19H2,1H3,(H2,27,29,30). The highest BCUT2D eigenvalue weighted by Gasteiger charge is 2.25. The normalized spacial score (nSPS) is 20.2. The van der Waals surface area contributed by atoms with E-state index in [1.54, 1.807) is 19.3 Å². The van der Waals surface area contributed by atoms with Crippen LogP contribution in [-0.4, -0.2) is 55.1 Å². The summed E-state index contributed by atoms with van der Waals surface area (Å²) in [6, 6.07) is 12.2. The van der Waals surface area contributed by atoms with Crippen LogP contribution in [0.2, 0.25) is 0 Å². The van der Waals surface area contributed by atoms with Gasteiger partial charge in [0.25, 0.3) is 0 Å². The van der Waals surface area contributed by atoms with Crippen LogP contribution in [0.5, 0.6) is 0 Å². The number of pyridine rings is 1. The molecule has 2 fully saturated rings. The third kappa shape index (κ3) is 6.19. The summed E-state index contributed by atoms with van der Waals surface area (Å²) in [5.74, 6) is 0.932. The van der Waals surface area contributed by atoms with Crippen molar-refractivity contribution in [3.05, 3.63) is 59.5 Å². The summed E-state index contributed by atoms with van der Waals surface area (Å²) in [6.45, 7) is 5.69. The summed E-state index contributed by atoms with van der Waals surface area (Å²) >= 11 is 0. The Morgan fingerprint density at radius 3 is 2.53 bits per heavy atom. The van der Waals surface area contributed by atoms with Gasteiger partial charge in [-0.3, -0.25) is 9.89 Å². The predicted octanol–water partition coefficient (Wildman–Crippen LogP) is 3.54. The number of rotatable bonds is 6. The molecule has 3 heterocycles. The zero-order valence-electron chi connectivity index (χ0n) is 19.1. The molecule has 172 valence electrons. The van der Waals surface area contributed by atoms with Gasteiger partial charge in [-0.25, -0.2) is 9.37 Å². The molecule has 0 bridgehead atoms. The van der Waals surface area contributed by atoms with Crippen LogP contribution >= 0.6 is 0 Å². The summed E-state index contributed by atoms with van der Waals surface area (Å²) in [6.07, 6.45) is 7.94. The number of anilines is 1. The maximum atomic E-state index is 14.0. The van der Waals surface area contributed by atoms with Crippen LogP contribution in [0.1, 0.15) is 43.2 Å². The summed E-state index contributed by atoms with van der Waals surface area (Å²) < 4.78 is 14.0. The van der Waals surface area contributed by atoms with E-state index >= 15 is 0 Å². The smallest absolute Gasteiger partial charge is 0.191 e.